The summed E-state index contributed by atoms with van der Waals surface area (Å²) in [4.78, 5) is 4.39. The van der Waals surface area contributed by atoms with Crippen LogP contribution in [0.4, 0.5) is 0 Å². The molecule has 1 spiro atoms. The molecular weight excluding hydrogens is 211 g/mol. The van der Waals surface area contributed by atoms with E-state index in [2.05, 4.69) is 19.0 Å². The lowest BCUT2D eigenvalue weighted by Crippen LogP contribution is -2.69. The minimum Gasteiger partial charge on any atom is -0.464 e. The molecule has 0 radical (unpaired) electrons. The lowest BCUT2D eigenvalue weighted by molar-refractivity contribution is -0.845. The van der Waals surface area contributed by atoms with E-state index in [1.807, 2.05) is 12.3 Å². The van der Waals surface area contributed by atoms with Crippen LogP contribution in [0.2, 0.25) is 0 Å². The zero-order valence-electron chi connectivity index (χ0n) is 10.4. The van der Waals surface area contributed by atoms with Crippen molar-refractivity contribution in [2.75, 3.05) is 19.6 Å². The summed E-state index contributed by atoms with van der Waals surface area (Å²) in [6.45, 7) is 3.84. The first-order valence-electron chi connectivity index (χ1n) is 6.66. The van der Waals surface area contributed by atoms with E-state index in [4.69, 9.17) is 4.74 Å². The highest BCUT2D eigenvalue weighted by Crippen LogP contribution is 2.47. The van der Waals surface area contributed by atoms with E-state index >= 15 is 0 Å². The fourth-order valence-corrected chi connectivity index (χ4v) is 4.17. The summed E-state index contributed by atoms with van der Waals surface area (Å²) in [5.41, 5.74) is 1.38. The number of nitrogens with zero attached hydrogens (tertiary/aromatic N) is 2. The van der Waals surface area contributed by atoms with Crippen molar-refractivity contribution in [1.82, 2.24) is 4.98 Å². The molecule has 1 atom stereocenters. The van der Waals surface area contributed by atoms with Crippen molar-refractivity contribution < 1.29 is 9.13 Å². The summed E-state index contributed by atoms with van der Waals surface area (Å²) in [7, 11) is 2.39. The highest BCUT2D eigenvalue weighted by Gasteiger charge is 2.57. The number of rotatable bonds is 0. The van der Waals surface area contributed by atoms with E-state index in [0.29, 0.717) is 0 Å². The molecule has 17 heavy (non-hydrogen) atoms. The summed E-state index contributed by atoms with van der Waals surface area (Å²) in [5, 5.41) is 0. The van der Waals surface area contributed by atoms with Crippen LogP contribution in [0, 0.1) is 5.92 Å². The largest absolute Gasteiger partial charge is 0.464 e. The maximum absolute atomic E-state index is 6.31. The van der Waals surface area contributed by atoms with Gasteiger partial charge >= 0.3 is 7.98 Å². The molecule has 0 amide bonds. The third-order valence-corrected chi connectivity index (χ3v) is 5.07. The summed E-state index contributed by atoms with van der Waals surface area (Å²) in [5.74, 6) is 1.64. The summed E-state index contributed by atoms with van der Waals surface area (Å²) in [6, 6.07) is 4.20. The van der Waals surface area contributed by atoms with Crippen LogP contribution in [0.15, 0.2) is 18.3 Å². The molecule has 0 saturated carbocycles. The summed E-state index contributed by atoms with van der Waals surface area (Å²) >= 11 is 0. The van der Waals surface area contributed by atoms with Crippen molar-refractivity contribution in [2.45, 2.75) is 24.9 Å². The van der Waals surface area contributed by atoms with Gasteiger partial charge in [0.2, 0.25) is 5.88 Å². The quantitative estimate of drug-likeness (QED) is 0.606. The van der Waals surface area contributed by atoms with Gasteiger partial charge in [0.25, 0.3) is 0 Å². The predicted molar refractivity (Wildman–Crippen MR) is 67.4 cm³/mol. The Bertz CT molecular complexity index is 443. The first-order chi connectivity index (χ1) is 8.19. The number of ether oxygens (including phenoxy) is 1. The molecule has 0 aromatic carbocycles. The van der Waals surface area contributed by atoms with Crippen molar-refractivity contribution in [3.8, 4) is 5.88 Å². The second-order valence-electron chi connectivity index (χ2n) is 6.31. The molecule has 88 valence electrons. The highest BCUT2D eigenvalue weighted by molar-refractivity contribution is 5.97. The molecule has 5 rings (SSSR count). The molecule has 1 aromatic heterocycles. The smallest absolute Gasteiger partial charge is 0.373 e. The van der Waals surface area contributed by atoms with E-state index in [-0.39, 0.29) is 5.60 Å². The molecule has 4 aliphatic heterocycles. The van der Waals surface area contributed by atoms with Gasteiger partial charge in [-0.05, 0) is 6.07 Å². The molecular formula is C13H18BN2O+. The van der Waals surface area contributed by atoms with Crippen LogP contribution < -0.4 is 4.74 Å². The van der Waals surface area contributed by atoms with Gasteiger partial charge in [0.1, 0.15) is 6.54 Å². The lowest BCUT2D eigenvalue weighted by atomic mass is 9.70. The third-order valence-electron chi connectivity index (χ3n) is 5.07. The topological polar surface area (TPSA) is 22.1 Å². The van der Waals surface area contributed by atoms with Gasteiger partial charge in [0.15, 0.2) is 5.60 Å². The number of piperidine rings is 3. The van der Waals surface area contributed by atoms with Gasteiger partial charge in [-0.3, -0.25) is 0 Å². The van der Waals surface area contributed by atoms with Gasteiger partial charge in [0, 0.05) is 36.9 Å². The average molecular weight is 229 g/mol. The van der Waals surface area contributed by atoms with Gasteiger partial charge in [-0.2, -0.15) is 0 Å². The molecule has 3 nitrogen and oxygen atoms in total. The highest BCUT2D eigenvalue weighted by atomic mass is 16.5. The van der Waals surface area contributed by atoms with Crippen molar-refractivity contribution in [2.24, 2.45) is 5.92 Å². The number of hydrogen-bond donors (Lipinski definition) is 0. The van der Waals surface area contributed by atoms with E-state index < -0.39 is 0 Å². The Hall–Kier alpha value is -1.03. The zero-order valence-corrected chi connectivity index (χ0v) is 10.4. The Balaban J connectivity index is 1.73. The first kappa shape index (κ1) is 9.95. The fraction of sp³-hybridized carbons (Fsp3) is 0.615. The van der Waals surface area contributed by atoms with Crippen molar-refractivity contribution in [3.63, 3.8) is 0 Å². The molecule has 4 aliphatic rings. The standard InChI is InChI=1S/C13H18BN2O/c14-16-6-3-11(4-7-16)13(9-16)8-10-2-1-5-15-12(10)17-13/h1-2,5,11H,3-4,6-9,14H2/q+1. The molecule has 0 N–H and O–H groups in total. The number of pyridine rings is 1. The molecule has 3 saturated heterocycles. The fourth-order valence-electron chi connectivity index (χ4n) is 4.17. The van der Waals surface area contributed by atoms with Crippen LogP contribution in [0.1, 0.15) is 18.4 Å². The molecule has 1 aromatic rings. The Labute approximate surface area is 103 Å². The lowest BCUT2D eigenvalue weighted by Gasteiger charge is -2.56. The Morgan fingerprint density at radius 1 is 1.41 bits per heavy atom. The van der Waals surface area contributed by atoms with Gasteiger partial charge < -0.3 is 9.13 Å². The Kier molecular flexibility index (Phi) is 1.78. The average Bonchev–Trinajstić information content (AvgIpc) is 2.66. The summed E-state index contributed by atoms with van der Waals surface area (Å²) in [6.07, 6.45) is 5.57. The number of fused-ring (bicyclic) bond motifs is 3. The van der Waals surface area contributed by atoms with Crippen LogP contribution >= 0.6 is 0 Å². The maximum atomic E-state index is 6.31. The minimum absolute atomic E-state index is 0.0714. The number of aromatic nitrogens is 1. The van der Waals surface area contributed by atoms with Crippen molar-refractivity contribution >= 4 is 7.98 Å². The van der Waals surface area contributed by atoms with Gasteiger partial charge in [0.05, 0.1) is 13.1 Å². The van der Waals surface area contributed by atoms with Crippen LogP contribution in [0.25, 0.3) is 0 Å². The van der Waals surface area contributed by atoms with E-state index in [1.165, 1.54) is 42.4 Å². The van der Waals surface area contributed by atoms with Gasteiger partial charge in [-0.25, -0.2) is 4.98 Å². The van der Waals surface area contributed by atoms with E-state index in [1.54, 1.807) is 0 Å². The van der Waals surface area contributed by atoms with Crippen LogP contribution in [0.3, 0.4) is 0 Å². The van der Waals surface area contributed by atoms with Gasteiger partial charge in [-0.15, -0.1) is 0 Å². The first-order valence-corrected chi connectivity index (χ1v) is 6.66. The van der Waals surface area contributed by atoms with Crippen LogP contribution in [-0.4, -0.2) is 42.6 Å². The Morgan fingerprint density at radius 2 is 2.24 bits per heavy atom. The normalized spacial score (nSPS) is 42.5. The van der Waals surface area contributed by atoms with E-state index in [9.17, 15) is 0 Å². The molecule has 5 heterocycles. The van der Waals surface area contributed by atoms with Crippen molar-refractivity contribution in [3.05, 3.63) is 23.9 Å². The summed E-state index contributed by atoms with van der Waals surface area (Å²) < 4.78 is 7.51. The molecule has 2 bridgehead atoms. The number of hydrogen-bond acceptors (Lipinski definition) is 2. The maximum Gasteiger partial charge on any atom is 0.373 e. The second kappa shape index (κ2) is 3.05. The minimum atomic E-state index is 0.0714. The van der Waals surface area contributed by atoms with E-state index in [0.717, 1.165) is 18.2 Å². The predicted octanol–water partition coefficient (Wildman–Crippen LogP) is 0.544. The molecule has 0 aliphatic carbocycles. The van der Waals surface area contributed by atoms with Crippen LogP contribution in [-0.2, 0) is 6.42 Å². The van der Waals surface area contributed by atoms with Crippen LogP contribution in [0.5, 0.6) is 5.88 Å². The molecule has 3 fully saturated rings. The third kappa shape index (κ3) is 1.30. The molecule has 1 unspecified atom stereocenters. The molecule has 4 heteroatoms. The SMILES string of the molecule is B[N+]12CCC(CC1)C1(Cc3cccnc3O1)C2. The van der Waals surface area contributed by atoms with Gasteiger partial charge in [-0.1, -0.05) is 6.07 Å². The Morgan fingerprint density at radius 3 is 2.94 bits per heavy atom. The second-order valence-corrected chi connectivity index (χ2v) is 6.31. The van der Waals surface area contributed by atoms with Crippen molar-refractivity contribution in [1.29, 1.82) is 0 Å². The number of quaternary nitrogens is 1. The zero-order chi connectivity index (χ0) is 11.5. The monoisotopic (exact) mass is 229 g/mol.